The average molecular weight is 232 g/mol. The average Bonchev–Trinajstić information content (AvgIpc) is 2.86. The minimum Gasteiger partial charge on any atom is -0.313 e. The minimum absolute atomic E-state index is 0. The number of hydrogen-bond acceptors (Lipinski definition) is 1. The van der Waals surface area contributed by atoms with Crippen LogP contribution in [0.3, 0.4) is 0 Å². The summed E-state index contributed by atoms with van der Waals surface area (Å²) < 4.78 is 0. The van der Waals surface area contributed by atoms with Crippen LogP contribution >= 0.6 is 12.4 Å². The zero-order valence-corrected chi connectivity index (χ0v) is 11.0. The zero-order valence-electron chi connectivity index (χ0n) is 10.2. The molecule has 15 heavy (non-hydrogen) atoms. The van der Waals surface area contributed by atoms with Gasteiger partial charge in [0.25, 0.3) is 0 Å². The summed E-state index contributed by atoms with van der Waals surface area (Å²) in [7, 11) is 0. The third-order valence-electron chi connectivity index (χ3n) is 4.59. The predicted molar refractivity (Wildman–Crippen MR) is 68.6 cm³/mol. The third-order valence-corrected chi connectivity index (χ3v) is 4.59. The molecule has 0 bridgehead atoms. The van der Waals surface area contributed by atoms with Gasteiger partial charge in [-0.1, -0.05) is 20.3 Å². The van der Waals surface area contributed by atoms with E-state index in [4.69, 9.17) is 0 Å². The second-order valence-electron chi connectivity index (χ2n) is 5.52. The van der Waals surface area contributed by atoms with Crippen molar-refractivity contribution in [2.75, 3.05) is 6.54 Å². The molecule has 0 saturated heterocycles. The smallest absolute Gasteiger partial charge is 0.00700 e. The molecule has 2 saturated carbocycles. The van der Waals surface area contributed by atoms with Gasteiger partial charge in [-0.2, -0.15) is 0 Å². The molecule has 2 rings (SSSR count). The van der Waals surface area contributed by atoms with Gasteiger partial charge in [-0.3, -0.25) is 0 Å². The van der Waals surface area contributed by atoms with Crippen LogP contribution in [0.5, 0.6) is 0 Å². The Morgan fingerprint density at radius 1 is 1.20 bits per heavy atom. The highest BCUT2D eigenvalue weighted by Gasteiger charge is 2.40. The fourth-order valence-electron chi connectivity index (χ4n) is 2.82. The van der Waals surface area contributed by atoms with Crippen molar-refractivity contribution >= 4 is 12.4 Å². The second-order valence-corrected chi connectivity index (χ2v) is 5.52. The summed E-state index contributed by atoms with van der Waals surface area (Å²) in [5.74, 6) is 1.02. The first-order valence-electron chi connectivity index (χ1n) is 6.51. The van der Waals surface area contributed by atoms with Crippen molar-refractivity contribution in [2.45, 2.75) is 64.8 Å². The lowest BCUT2D eigenvalue weighted by atomic mass is 10.0. The van der Waals surface area contributed by atoms with Crippen LogP contribution in [0.4, 0.5) is 0 Å². The maximum absolute atomic E-state index is 3.80. The van der Waals surface area contributed by atoms with E-state index in [0.29, 0.717) is 0 Å². The molecule has 2 heteroatoms. The number of halogens is 1. The molecule has 0 aromatic carbocycles. The molecule has 0 radical (unpaired) electrons. The number of nitrogens with one attached hydrogen (secondary N) is 1. The molecular formula is C13H26ClN. The van der Waals surface area contributed by atoms with Crippen molar-refractivity contribution in [2.24, 2.45) is 11.3 Å². The van der Waals surface area contributed by atoms with Crippen molar-refractivity contribution in [3.05, 3.63) is 0 Å². The van der Waals surface area contributed by atoms with E-state index >= 15 is 0 Å². The summed E-state index contributed by atoms with van der Waals surface area (Å²) >= 11 is 0. The van der Waals surface area contributed by atoms with Gasteiger partial charge < -0.3 is 5.32 Å². The summed E-state index contributed by atoms with van der Waals surface area (Å²) in [5.41, 5.74) is 0.726. The van der Waals surface area contributed by atoms with E-state index in [1.54, 1.807) is 0 Å². The molecule has 0 heterocycles. The van der Waals surface area contributed by atoms with Crippen LogP contribution in [-0.4, -0.2) is 12.6 Å². The molecular weight excluding hydrogens is 206 g/mol. The highest BCUT2D eigenvalue weighted by Crippen LogP contribution is 2.48. The van der Waals surface area contributed by atoms with Crippen LogP contribution in [-0.2, 0) is 0 Å². The normalized spacial score (nSPS) is 32.4. The molecule has 1 nitrogen and oxygen atoms in total. The lowest BCUT2D eigenvalue weighted by Crippen LogP contribution is -2.32. The predicted octanol–water partition coefficient (Wildman–Crippen LogP) is 3.77. The van der Waals surface area contributed by atoms with Crippen molar-refractivity contribution < 1.29 is 0 Å². The second kappa shape index (κ2) is 5.54. The Balaban J connectivity index is 0.00000112. The maximum Gasteiger partial charge on any atom is 0.00700 e. The highest BCUT2D eigenvalue weighted by molar-refractivity contribution is 5.85. The van der Waals surface area contributed by atoms with Crippen LogP contribution in [0, 0.1) is 11.3 Å². The SMILES string of the molecule is CCC1CCC(NCC2(CC)CC2)C1.Cl. The van der Waals surface area contributed by atoms with Crippen LogP contribution in [0.2, 0.25) is 0 Å². The molecule has 90 valence electrons. The van der Waals surface area contributed by atoms with Crippen molar-refractivity contribution in [1.29, 1.82) is 0 Å². The van der Waals surface area contributed by atoms with E-state index in [-0.39, 0.29) is 12.4 Å². The van der Waals surface area contributed by atoms with Gasteiger partial charge in [0.05, 0.1) is 0 Å². The fraction of sp³-hybridized carbons (Fsp3) is 1.00. The van der Waals surface area contributed by atoms with E-state index in [1.807, 2.05) is 0 Å². The summed E-state index contributed by atoms with van der Waals surface area (Å²) in [6.45, 7) is 5.98. The minimum atomic E-state index is 0. The Morgan fingerprint density at radius 2 is 1.93 bits per heavy atom. The van der Waals surface area contributed by atoms with Gasteiger partial charge in [0.2, 0.25) is 0 Å². The lowest BCUT2D eigenvalue weighted by molar-refractivity contribution is 0.393. The van der Waals surface area contributed by atoms with E-state index in [0.717, 1.165) is 17.4 Å². The Bertz CT molecular complexity index is 189. The molecule has 2 fully saturated rings. The van der Waals surface area contributed by atoms with Gasteiger partial charge in [0.15, 0.2) is 0 Å². The summed E-state index contributed by atoms with van der Waals surface area (Å²) in [4.78, 5) is 0. The van der Waals surface area contributed by atoms with Crippen LogP contribution in [0.15, 0.2) is 0 Å². The lowest BCUT2D eigenvalue weighted by Gasteiger charge is -2.18. The Labute approximate surface area is 101 Å². The van der Waals surface area contributed by atoms with E-state index in [2.05, 4.69) is 19.2 Å². The topological polar surface area (TPSA) is 12.0 Å². The van der Waals surface area contributed by atoms with E-state index < -0.39 is 0 Å². The number of rotatable bonds is 5. The molecule has 0 amide bonds. The quantitative estimate of drug-likeness (QED) is 0.760. The molecule has 0 spiro atoms. The first-order valence-corrected chi connectivity index (χ1v) is 6.51. The molecule has 2 aliphatic carbocycles. The summed E-state index contributed by atoms with van der Waals surface area (Å²) in [6.07, 6.45) is 10.0. The van der Waals surface area contributed by atoms with Gasteiger partial charge in [-0.05, 0) is 49.9 Å². The van der Waals surface area contributed by atoms with E-state index in [9.17, 15) is 0 Å². The number of hydrogen-bond donors (Lipinski definition) is 1. The molecule has 0 aromatic heterocycles. The van der Waals surface area contributed by atoms with Crippen molar-refractivity contribution in [1.82, 2.24) is 5.32 Å². The van der Waals surface area contributed by atoms with Gasteiger partial charge in [0.1, 0.15) is 0 Å². The van der Waals surface area contributed by atoms with E-state index in [1.165, 1.54) is 51.5 Å². The first-order chi connectivity index (χ1) is 6.78. The van der Waals surface area contributed by atoms with Crippen molar-refractivity contribution in [3.8, 4) is 0 Å². The highest BCUT2D eigenvalue weighted by atomic mass is 35.5. The first kappa shape index (κ1) is 13.3. The maximum atomic E-state index is 3.80. The van der Waals surface area contributed by atoms with Gasteiger partial charge in [-0.15, -0.1) is 12.4 Å². The molecule has 1 N–H and O–H groups in total. The molecule has 2 aliphatic rings. The van der Waals surface area contributed by atoms with Crippen LogP contribution < -0.4 is 5.32 Å². The monoisotopic (exact) mass is 231 g/mol. The van der Waals surface area contributed by atoms with Gasteiger partial charge in [0, 0.05) is 12.6 Å². The molecule has 2 atom stereocenters. The zero-order chi connectivity index (χ0) is 10.0. The largest absolute Gasteiger partial charge is 0.313 e. The van der Waals surface area contributed by atoms with Gasteiger partial charge in [-0.25, -0.2) is 0 Å². The molecule has 0 aromatic rings. The van der Waals surface area contributed by atoms with Gasteiger partial charge >= 0.3 is 0 Å². The Hall–Kier alpha value is 0.250. The third kappa shape index (κ3) is 3.35. The fourth-order valence-corrected chi connectivity index (χ4v) is 2.82. The Morgan fingerprint density at radius 3 is 2.40 bits per heavy atom. The summed E-state index contributed by atoms with van der Waals surface area (Å²) in [5, 5.41) is 3.80. The van der Waals surface area contributed by atoms with Crippen molar-refractivity contribution in [3.63, 3.8) is 0 Å². The van der Waals surface area contributed by atoms with Crippen LogP contribution in [0.1, 0.15) is 58.8 Å². The Kier molecular flexibility index (Phi) is 4.92. The summed E-state index contributed by atoms with van der Waals surface area (Å²) in [6, 6.07) is 0.851. The standard InChI is InChI=1S/C13H25N.ClH/c1-3-11-5-6-12(9-11)14-10-13(4-2)7-8-13;/h11-12,14H,3-10H2,1-2H3;1H. The molecule has 0 aliphatic heterocycles. The molecule has 2 unspecified atom stereocenters. The van der Waals surface area contributed by atoms with Crippen LogP contribution in [0.25, 0.3) is 0 Å².